The van der Waals surface area contributed by atoms with Crippen molar-refractivity contribution in [1.82, 2.24) is 5.32 Å². The van der Waals surface area contributed by atoms with Crippen LogP contribution in [-0.2, 0) is 18.9 Å². The molecule has 0 atom stereocenters. The van der Waals surface area contributed by atoms with Crippen LogP contribution in [0.3, 0.4) is 0 Å². The zero-order valence-corrected chi connectivity index (χ0v) is 20.9. The van der Waals surface area contributed by atoms with Crippen molar-refractivity contribution >= 4 is 35.6 Å². The largest absolute Gasteiger partial charge is 0.490 e. The van der Waals surface area contributed by atoms with E-state index >= 15 is 0 Å². The molecule has 9 nitrogen and oxygen atoms in total. The van der Waals surface area contributed by atoms with Gasteiger partial charge in [-0.2, -0.15) is 0 Å². The molecule has 0 unspecified atom stereocenters. The molecule has 0 aliphatic carbocycles. The first kappa shape index (κ1) is 27.7. The number of nitrogens with zero attached hydrogens (tertiary/aromatic N) is 1. The molecule has 1 aliphatic rings. The van der Waals surface area contributed by atoms with Crippen molar-refractivity contribution in [1.29, 1.82) is 0 Å². The van der Waals surface area contributed by atoms with Crippen molar-refractivity contribution in [2.24, 2.45) is 4.99 Å². The number of nitrogens with one attached hydrogen (secondary N) is 2. The number of aliphatic imine (C=N–C) groups is 1. The highest BCUT2D eigenvalue weighted by Crippen LogP contribution is 2.32. The summed E-state index contributed by atoms with van der Waals surface area (Å²) in [5.41, 5.74) is 0.877. The number of hydrogen-bond donors (Lipinski definition) is 2. The van der Waals surface area contributed by atoms with Gasteiger partial charge in [0.25, 0.3) is 0 Å². The molecule has 0 saturated heterocycles. The number of halogens is 1. The summed E-state index contributed by atoms with van der Waals surface area (Å²) in [5.74, 6) is 2.19. The molecule has 0 fully saturated rings. The van der Waals surface area contributed by atoms with Gasteiger partial charge in [0.15, 0.2) is 17.5 Å². The zero-order chi connectivity index (χ0) is 21.3. The average molecular weight is 553 g/mol. The van der Waals surface area contributed by atoms with Crippen molar-refractivity contribution in [3.63, 3.8) is 0 Å². The highest BCUT2D eigenvalue weighted by Gasteiger charge is 2.11. The molecule has 1 heterocycles. The molecule has 31 heavy (non-hydrogen) atoms. The van der Waals surface area contributed by atoms with E-state index in [1.54, 1.807) is 14.2 Å². The van der Waals surface area contributed by atoms with Crippen LogP contribution in [0.4, 0.5) is 5.69 Å². The van der Waals surface area contributed by atoms with Gasteiger partial charge in [0, 0.05) is 52.1 Å². The van der Waals surface area contributed by atoms with Crippen molar-refractivity contribution in [3.05, 3.63) is 18.2 Å². The second-order valence-electron chi connectivity index (χ2n) is 6.56. The maximum atomic E-state index is 5.77. The molecule has 0 radical (unpaired) electrons. The molecule has 2 rings (SSSR count). The first-order valence-corrected chi connectivity index (χ1v) is 10.4. The predicted molar refractivity (Wildman–Crippen MR) is 131 cm³/mol. The summed E-state index contributed by atoms with van der Waals surface area (Å²) in [5, 5.41) is 6.61. The first-order chi connectivity index (χ1) is 14.8. The first-order valence-electron chi connectivity index (χ1n) is 10.4. The Bertz CT molecular complexity index is 621. The number of fused-ring (bicyclic) bond motifs is 1. The van der Waals surface area contributed by atoms with Gasteiger partial charge in [-0.1, -0.05) is 0 Å². The number of guanidine groups is 1. The number of anilines is 1. The van der Waals surface area contributed by atoms with Gasteiger partial charge >= 0.3 is 0 Å². The van der Waals surface area contributed by atoms with E-state index in [0.717, 1.165) is 30.0 Å². The van der Waals surface area contributed by atoms with Crippen LogP contribution in [0.5, 0.6) is 11.5 Å². The van der Waals surface area contributed by atoms with Crippen molar-refractivity contribution in [2.45, 2.75) is 12.8 Å². The van der Waals surface area contributed by atoms with Gasteiger partial charge in [0.05, 0.1) is 46.2 Å². The standard InChI is InChI=1S/C21H35N3O6.HI/c1-25-13-15-27-9-3-7-22-21(23-8-12-28-16-14-26-2)24-18-5-6-19-20(17-18)30-11-4-10-29-19;/h5-6,17H,3-4,7-16H2,1-2H3,(H2,22,23,24);1H. The van der Waals surface area contributed by atoms with Crippen LogP contribution in [-0.4, -0.2) is 86.1 Å². The number of ether oxygens (including phenoxy) is 6. The molecule has 10 heteroatoms. The number of hydrogen-bond acceptors (Lipinski definition) is 7. The number of benzene rings is 1. The molecular weight excluding hydrogens is 517 g/mol. The molecule has 1 aliphatic heterocycles. The van der Waals surface area contributed by atoms with Crippen LogP contribution in [0.25, 0.3) is 0 Å². The Hall–Kier alpha value is -1.34. The summed E-state index contributed by atoms with van der Waals surface area (Å²) in [4.78, 5) is 4.63. The normalized spacial score (nSPS) is 13.3. The van der Waals surface area contributed by atoms with Crippen LogP contribution in [0.1, 0.15) is 12.8 Å². The molecule has 0 amide bonds. The Morgan fingerprint density at radius 2 is 1.65 bits per heavy atom. The minimum absolute atomic E-state index is 0. The van der Waals surface area contributed by atoms with E-state index in [4.69, 9.17) is 28.4 Å². The number of methoxy groups -OCH3 is 2. The average Bonchev–Trinajstić information content (AvgIpc) is 3.00. The third-order valence-corrected chi connectivity index (χ3v) is 4.13. The molecule has 0 aromatic heterocycles. The highest BCUT2D eigenvalue weighted by atomic mass is 127. The van der Waals surface area contributed by atoms with Crippen LogP contribution in [0, 0.1) is 0 Å². The quantitative estimate of drug-likeness (QED) is 0.157. The summed E-state index contributed by atoms with van der Waals surface area (Å²) in [6.45, 7) is 6.14. The molecule has 2 N–H and O–H groups in total. The van der Waals surface area contributed by atoms with Crippen LogP contribution in [0.2, 0.25) is 0 Å². The van der Waals surface area contributed by atoms with Crippen LogP contribution in [0.15, 0.2) is 23.2 Å². The summed E-state index contributed by atoms with van der Waals surface area (Å²) >= 11 is 0. The maximum Gasteiger partial charge on any atom is 0.195 e. The highest BCUT2D eigenvalue weighted by molar-refractivity contribution is 14.0. The van der Waals surface area contributed by atoms with Crippen LogP contribution < -0.4 is 20.1 Å². The van der Waals surface area contributed by atoms with Gasteiger partial charge in [-0.25, -0.2) is 0 Å². The minimum Gasteiger partial charge on any atom is -0.490 e. The van der Waals surface area contributed by atoms with Gasteiger partial charge in [0.2, 0.25) is 0 Å². The van der Waals surface area contributed by atoms with Gasteiger partial charge < -0.3 is 39.1 Å². The van der Waals surface area contributed by atoms with Crippen molar-refractivity contribution < 1.29 is 28.4 Å². The summed E-state index contributed by atoms with van der Waals surface area (Å²) in [7, 11) is 3.32. The van der Waals surface area contributed by atoms with Crippen molar-refractivity contribution in [2.75, 3.05) is 85.5 Å². The van der Waals surface area contributed by atoms with Gasteiger partial charge in [-0.15, -0.1) is 24.0 Å². The van der Waals surface area contributed by atoms with E-state index < -0.39 is 0 Å². The van der Waals surface area contributed by atoms with Gasteiger partial charge in [-0.3, -0.25) is 4.99 Å². The second kappa shape index (κ2) is 18.3. The summed E-state index contributed by atoms with van der Waals surface area (Å²) in [6.07, 6.45) is 1.70. The van der Waals surface area contributed by atoms with Crippen molar-refractivity contribution in [3.8, 4) is 11.5 Å². The van der Waals surface area contributed by atoms with E-state index in [1.165, 1.54) is 0 Å². The third kappa shape index (κ3) is 12.3. The molecule has 0 bridgehead atoms. The SMILES string of the molecule is COCCOCCCN=C(NCCOCCOC)Nc1ccc2c(c1)OCCCO2.I. The monoisotopic (exact) mass is 553 g/mol. The Balaban J connectivity index is 0.00000480. The fraction of sp³-hybridized carbons (Fsp3) is 0.667. The lowest BCUT2D eigenvalue weighted by Gasteiger charge is -2.15. The van der Waals surface area contributed by atoms with E-state index in [1.807, 2.05) is 18.2 Å². The fourth-order valence-electron chi connectivity index (χ4n) is 2.61. The van der Waals surface area contributed by atoms with E-state index in [2.05, 4.69) is 15.6 Å². The molecule has 0 saturated carbocycles. The molecule has 1 aromatic carbocycles. The minimum atomic E-state index is 0. The van der Waals surface area contributed by atoms with Crippen LogP contribution >= 0.6 is 24.0 Å². The molecule has 178 valence electrons. The van der Waals surface area contributed by atoms with Gasteiger partial charge in [-0.05, 0) is 18.6 Å². The second-order valence-corrected chi connectivity index (χ2v) is 6.56. The predicted octanol–water partition coefficient (Wildman–Crippen LogP) is 2.54. The van der Waals surface area contributed by atoms with Gasteiger partial charge in [0.1, 0.15) is 0 Å². The Labute approximate surface area is 202 Å². The molecule has 0 spiro atoms. The lowest BCUT2D eigenvalue weighted by Crippen LogP contribution is -2.34. The lowest BCUT2D eigenvalue weighted by molar-refractivity contribution is 0.0702. The summed E-state index contributed by atoms with van der Waals surface area (Å²) < 4.78 is 32.4. The Morgan fingerprint density at radius 1 is 0.935 bits per heavy atom. The third-order valence-electron chi connectivity index (χ3n) is 4.13. The number of rotatable bonds is 14. The van der Waals surface area contributed by atoms with E-state index in [-0.39, 0.29) is 24.0 Å². The summed E-state index contributed by atoms with van der Waals surface area (Å²) in [6, 6.07) is 5.80. The molecule has 1 aromatic rings. The lowest BCUT2D eigenvalue weighted by atomic mass is 10.3. The maximum absolute atomic E-state index is 5.77. The zero-order valence-electron chi connectivity index (χ0n) is 18.5. The molecular formula is C21H36IN3O6. The Kier molecular flexibility index (Phi) is 16.3. The Morgan fingerprint density at radius 3 is 2.39 bits per heavy atom. The van der Waals surface area contributed by atoms with E-state index in [9.17, 15) is 0 Å². The topological polar surface area (TPSA) is 91.8 Å². The smallest absolute Gasteiger partial charge is 0.195 e. The fourth-order valence-corrected chi connectivity index (χ4v) is 2.61. The van der Waals surface area contributed by atoms with E-state index in [0.29, 0.717) is 71.9 Å².